The number of nitrogens with one attached hydrogen (secondary N) is 1. The highest BCUT2D eigenvalue weighted by molar-refractivity contribution is 5.97. The van der Waals surface area contributed by atoms with Crippen molar-refractivity contribution in [2.75, 3.05) is 6.54 Å². The van der Waals surface area contributed by atoms with Crippen molar-refractivity contribution < 1.29 is 45.0 Å². The number of Topliss-reactive ketones (excluding diaryl/α,β-unsaturated/α-hetero) is 2. The van der Waals surface area contributed by atoms with E-state index in [1.54, 1.807) is 12.1 Å². The molecule has 0 aliphatic heterocycles. The van der Waals surface area contributed by atoms with Crippen LogP contribution in [0.15, 0.2) is 54.6 Å². The number of carbonyl (C=O) groups excluding carboxylic acids is 3. The van der Waals surface area contributed by atoms with Crippen LogP contribution >= 0.6 is 0 Å². The third kappa shape index (κ3) is 9.08. The van der Waals surface area contributed by atoms with Crippen LogP contribution < -0.4 is 5.32 Å². The number of aromatic hydroxyl groups is 6. The molecule has 3 aromatic rings. The fraction of sp³-hybridized carbons (Fsp3) is 0.512. The van der Waals surface area contributed by atoms with Crippen LogP contribution in [0.1, 0.15) is 141 Å². The summed E-state index contributed by atoms with van der Waals surface area (Å²) in [4.78, 5) is 38.5. The fourth-order valence-electron chi connectivity index (χ4n) is 10.6. The molecule has 4 bridgehead atoms. The van der Waals surface area contributed by atoms with Gasteiger partial charge < -0.3 is 36.0 Å². The second-order valence-electron chi connectivity index (χ2n) is 16.2. The van der Waals surface area contributed by atoms with Crippen molar-refractivity contribution >= 4 is 17.5 Å². The molecular formula is C43H55NO9. The summed E-state index contributed by atoms with van der Waals surface area (Å²) in [5.74, 6) is -1.44. The first-order chi connectivity index (χ1) is 24.8. The van der Waals surface area contributed by atoms with Crippen LogP contribution in [0.2, 0.25) is 0 Å². The maximum Gasteiger partial charge on any atom is 0.251 e. The van der Waals surface area contributed by atoms with Crippen molar-refractivity contribution in [1.82, 2.24) is 5.32 Å². The average molecular weight is 730 g/mol. The minimum atomic E-state index is -0.329. The van der Waals surface area contributed by atoms with Gasteiger partial charge in [-0.2, -0.15) is 0 Å². The Balaban J connectivity index is 0.00000541. The molecule has 2 unspecified atom stereocenters. The van der Waals surface area contributed by atoms with Crippen molar-refractivity contribution in [3.63, 3.8) is 0 Å². The van der Waals surface area contributed by atoms with E-state index in [1.807, 2.05) is 0 Å². The summed E-state index contributed by atoms with van der Waals surface area (Å²) in [5, 5.41) is 61.3. The maximum absolute atomic E-state index is 12.9. The van der Waals surface area contributed by atoms with E-state index in [9.17, 15) is 45.0 Å². The van der Waals surface area contributed by atoms with Crippen LogP contribution in [0.3, 0.4) is 0 Å². The number of ketones is 2. The molecule has 10 heteroatoms. The summed E-state index contributed by atoms with van der Waals surface area (Å²) in [6.45, 7) is 0.511. The summed E-state index contributed by atoms with van der Waals surface area (Å²) in [6.07, 6.45) is 15.0. The minimum Gasteiger partial charge on any atom is -0.504 e. The van der Waals surface area contributed by atoms with Crippen LogP contribution in [-0.2, 0) is 0 Å². The Morgan fingerprint density at radius 1 is 0.528 bits per heavy atom. The Bertz CT molecular complexity index is 1600. The van der Waals surface area contributed by atoms with Gasteiger partial charge in [0, 0.05) is 36.1 Å². The predicted molar refractivity (Wildman–Crippen MR) is 202 cm³/mol. The molecule has 0 saturated heterocycles. The van der Waals surface area contributed by atoms with Crippen LogP contribution in [0.5, 0.6) is 34.5 Å². The molecule has 4 fully saturated rings. The minimum absolute atomic E-state index is 0. The van der Waals surface area contributed by atoms with Crippen LogP contribution in [0.4, 0.5) is 0 Å². The van der Waals surface area contributed by atoms with E-state index in [1.165, 1.54) is 61.7 Å². The average Bonchev–Trinajstić information content (AvgIpc) is 3.09. The van der Waals surface area contributed by atoms with Crippen LogP contribution in [0, 0.1) is 22.2 Å². The number of benzene rings is 3. The lowest BCUT2D eigenvalue weighted by molar-refractivity contribution is -0.168. The molecule has 7 N–H and O–H groups in total. The fourth-order valence-corrected chi connectivity index (χ4v) is 10.6. The summed E-state index contributed by atoms with van der Waals surface area (Å²) >= 11 is 0. The third-order valence-electron chi connectivity index (χ3n) is 12.1. The lowest BCUT2D eigenvalue weighted by atomic mass is 9.37. The Labute approximate surface area is 311 Å². The first-order valence-corrected chi connectivity index (χ1v) is 18.7. The molecule has 4 saturated carbocycles. The zero-order valence-corrected chi connectivity index (χ0v) is 29.7. The van der Waals surface area contributed by atoms with Gasteiger partial charge >= 0.3 is 0 Å². The van der Waals surface area contributed by atoms with E-state index in [4.69, 9.17) is 0 Å². The standard InChI is InChI=1S/C42H51NO9.CH4/c44-31(28-8-11-33(46)36(49)18-28)6-1-3-14-40-21-27-22-41(24-40,15-4-2-7-32(45)29-9-12-34(47)37(50)19-29)26-42(23-27,25-40)16-5-17-43-39(52)30-10-13-35(48)38(51)20-30;/h8-13,18-20,27,46-51H,1-7,14-17,21-26H2,(H,43,52);1H4. The number of hydrogen-bond donors (Lipinski definition) is 7. The van der Waals surface area contributed by atoms with Gasteiger partial charge in [-0.3, -0.25) is 14.4 Å². The zero-order chi connectivity index (χ0) is 37.1. The van der Waals surface area contributed by atoms with Gasteiger partial charge in [0.05, 0.1) is 0 Å². The van der Waals surface area contributed by atoms with Gasteiger partial charge in [0.2, 0.25) is 0 Å². The Morgan fingerprint density at radius 3 is 1.32 bits per heavy atom. The van der Waals surface area contributed by atoms with E-state index in [2.05, 4.69) is 5.32 Å². The van der Waals surface area contributed by atoms with E-state index in [0.29, 0.717) is 42.0 Å². The van der Waals surface area contributed by atoms with Crippen LogP contribution in [0.25, 0.3) is 0 Å². The second kappa shape index (κ2) is 16.1. The Morgan fingerprint density at radius 2 is 0.906 bits per heavy atom. The first-order valence-electron chi connectivity index (χ1n) is 18.7. The molecule has 4 aliphatic carbocycles. The summed E-state index contributed by atoms with van der Waals surface area (Å²) < 4.78 is 0. The molecule has 286 valence electrons. The van der Waals surface area contributed by atoms with Gasteiger partial charge in [0.1, 0.15) is 0 Å². The largest absolute Gasteiger partial charge is 0.504 e. The quantitative estimate of drug-likeness (QED) is 0.0405. The number of carbonyl (C=O) groups is 3. The Hall–Kier alpha value is -4.73. The van der Waals surface area contributed by atoms with Crippen molar-refractivity contribution in [2.24, 2.45) is 22.2 Å². The molecule has 0 radical (unpaired) electrons. The predicted octanol–water partition coefficient (Wildman–Crippen LogP) is 8.91. The third-order valence-corrected chi connectivity index (χ3v) is 12.1. The summed E-state index contributed by atoms with van der Waals surface area (Å²) in [5.41, 5.74) is 1.64. The highest BCUT2D eigenvalue weighted by Crippen LogP contribution is 2.73. The molecule has 1 amide bonds. The zero-order valence-electron chi connectivity index (χ0n) is 29.7. The molecule has 7 rings (SSSR count). The van der Waals surface area contributed by atoms with Crippen molar-refractivity contribution in [3.8, 4) is 34.5 Å². The molecular weight excluding hydrogens is 674 g/mol. The first kappa shape index (κ1) is 39.5. The molecule has 2 atom stereocenters. The number of amides is 1. The summed E-state index contributed by atoms with van der Waals surface area (Å²) in [6, 6.07) is 12.5. The molecule has 0 heterocycles. The molecule has 4 aliphatic rings. The maximum atomic E-state index is 12.9. The van der Waals surface area contributed by atoms with Gasteiger partial charge in [-0.1, -0.05) is 20.3 Å². The van der Waals surface area contributed by atoms with Crippen LogP contribution in [-0.4, -0.2) is 54.7 Å². The summed E-state index contributed by atoms with van der Waals surface area (Å²) in [7, 11) is 0. The highest BCUT2D eigenvalue weighted by atomic mass is 16.3. The smallest absolute Gasteiger partial charge is 0.251 e. The topological polar surface area (TPSA) is 185 Å². The van der Waals surface area contributed by atoms with Crippen molar-refractivity contribution in [2.45, 2.75) is 110 Å². The monoisotopic (exact) mass is 729 g/mol. The van der Waals surface area contributed by atoms with Gasteiger partial charge in [0.15, 0.2) is 46.1 Å². The Kier molecular flexibility index (Phi) is 12.0. The van der Waals surface area contributed by atoms with Gasteiger partial charge in [-0.15, -0.1) is 0 Å². The second-order valence-corrected chi connectivity index (χ2v) is 16.2. The van der Waals surface area contributed by atoms with E-state index < -0.39 is 0 Å². The van der Waals surface area contributed by atoms with E-state index in [0.717, 1.165) is 70.6 Å². The van der Waals surface area contributed by atoms with Gasteiger partial charge in [-0.05, 0) is 154 Å². The molecule has 10 nitrogen and oxygen atoms in total. The number of phenols is 6. The lowest BCUT2D eigenvalue weighted by Crippen LogP contribution is -2.57. The van der Waals surface area contributed by atoms with Gasteiger partial charge in [0.25, 0.3) is 5.91 Å². The molecule has 0 spiro atoms. The number of rotatable bonds is 17. The van der Waals surface area contributed by atoms with Crippen molar-refractivity contribution in [3.05, 3.63) is 71.3 Å². The normalized spacial score (nSPS) is 24.0. The number of unbranched alkanes of at least 4 members (excludes halogenated alkanes) is 2. The SMILES string of the molecule is C.O=C(CCCCC12CC3CC(CCCCC(=O)c4ccc(O)c(O)c4)(C1)CC(CCCNC(=O)c1ccc(O)c(O)c1)(C3)C2)c1ccc(O)c(O)c1. The van der Waals surface area contributed by atoms with E-state index >= 15 is 0 Å². The van der Waals surface area contributed by atoms with E-state index in [-0.39, 0.29) is 75.6 Å². The lowest BCUT2D eigenvalue weighted by Gasteiger charge is -2.67. The molecule has 0 aromatic heterocycles. The number of hydrogen-bond acceptors (Lipinski definition) is 9. The number of phenolic OH excluding ortho intramolecular Hbond substituents is 6. The molecule has 3 aromatic carbocycles. The van der Waals surface area contributed by atoms with Gasteiger partial charge in [-0.25, -0.2) is 0 Å². The van der Waals surface area contributed by atoms with Crippen molar-refractivity contribution in [1.29, 1.82) is 0 Å². The molecule has 53 heavy (non-hydrogen) atoms. The highest BCUT2D eigenvalue weighted by Gasteiger charge is 2.61.